The van der Waals surface area contributed by atoms with E-state index in [9.17, 15) is 4.79 Å². The summed E-state index contributed by atoms with van der Waals surface area (Å²) in [5, 5.41) is 3.49. The lowest BCUT2D eigenvalue weighted by atomic mass is 9.89. The Morgan fingerprint density at radius 1 is 1.30 bits per heavy atom. The summed E-state index contributed by atoms with van der Waals surface area (Å²) in [6, 6.07) is 10.2. The third kappa shape index (κ3) is 3.60. The molecule has 0 aliphatic heterocycles. The second kappa shape index (κ2) is 6.89. The van der Waals surface area contributed by atoms with Crippen LogP contribution in [0, 0.1) is 5.92 Å². The molecule has 2 atom stereocenters. The average molecular weight is 275 g/mol. The van der Waals surface area contributed by atoms with Crippen LogP contribution in [0.1, 0.15) is 44.6 Å². The van der Waals surface area contributed by atoms with E-state index in [-0.39, 0.29) is 5.97 Å². The highest BCUT2D eigenvalue weighted by Crippen LogP contribution is 2.31. The SMILES string of the molecule is COC(=O)C1(NCc2ccccc2)CCCC(C)CC1. The van der Waals surface area contributed by atoms with Crippen LogP contribution in [0.25, 0.3) is 0 Å². The molecular weight excluding hydrogens is 250 g/mol. The average Bonchev–Trinajstić information content (AvgIpc) is 2.68. The van der Waals surface area contributed by atoms with E-state index in [2.05, 4.69) is 24.4 Å². The van der Waals surface area contributed by atoms with Crippen molar-refractivity contribution in [2.75, 3.05) is 7.11 Å². The highest BCUT2D eigenvalue weighted by molar-refractivity contribution is 5.80. The Morgan fingerprint density at radius 2 is 2.05 bits per heavy atom. The van der Waals surface area contributed by atoms with Crippen LogP contribution < -0.4 is 5.32 Å². The summed E-state index contributed by atoms with van der Waals surface area (Å²) >= 11 is 0. The third-order valence-electron chi connectivity index (χ3n) is 4.41. The van der Waals surface area contributed by atoms with Gasteiger partial charge in [0.2, 0.25) is 0 Å². The van der Waals surface area contributed by atoms with Crippen molar-refractivity contribution in [3.05, 3.63) is 35.9 Å². The highest BCUT2D eigenvalue weighted by Gasteiger charge is 2.40. The molecule has 0 heterocycles. The molecule has 0 spiro atoms. The van der Waals surface area contributed by atoms with Gasteiger partial charge in [-0.15, -0.1) is 0 Å². The fraction of sp³-hybridized carbons (Fsp3) is 0.588. The van der Waals surface area contributed by atoms with Crippen molar-refractivity contribution < 1.29 is 9.53 Å². The molecule has 0 aromatic heterocycles. The van der Waals surface area contributed by atoms with Gasteiger partial charge in [0, 0.05) is 6.54 Å². The normalized spacial score (nSPS) is 26.8. The van der Waals surface area contributed by atoms with E-state index in [0.29, 0.717) is 12.5 Å². The van der Waals surface area contributed by atoms with Crippen LogP contribution in [0.5, 0.6) is 0 Å². The van der Waals surface area contributed by atoms with Gasteiger partial charge in [0.1, 0.15) is 5.54 Å². The van der Waals surface area contributed by atoms with E-state index in [1.807, 2.05) is 18.2 Å². The number of nitrogens with one attached hydrogen (secondary N) is 1. The van der Waals surface area contributed by atoms with E-state index in [1.165, 1.54) is 19.1 Å². The summed E-state index contributed by atoms with van der Waals surface area (Å²) in [5.74, 6) is 0.586. The standard InChI is InChI=1S/C17H25NO2/c1-14-7-6-11-17(12-10-14,16(19)20-2)18-13-15-8-4-3-5-9-15/h3-5,8-9,14,18H,6-7,10-13H2,1-2H3. The maximum absolute atomic E-state index is 12.3. The number of carbonyl (C=O) groups is 1. The van der Waals surface area contributed by atoms with Crippen molar-refractivity contribution >= 4 is 5.97 Å². The molecule has 1 N–H and O–H groups in total. The molecule has 1 saturated carbocycles. The lowest BCUT2D eigenvalue weighted by Gasteiger charge is -2.31. The van der Waals surface area contributed by atoms with E-state index >= 15 is 0 Å². The molecule has 0 saturated heterocycles. The zero-order valence-corrected chi connectivity index (χ0v) is 12.5. The molecule has 2 rings (SSSR count). The molecule has 1 aliphatic rings. The molecule has 1 fully saturated rings. The first kappa shape index (κ1) is 15.0. The fourth-order valence-electron chi connectivity index (χ4n) is 3.03. The number of hydrogen-bond donors (Lipinski definition) is 1. The monoisotopic (exact) mass is 275 g/mol. The van der Waals surface area contributed by atoms with Crippen molar-refractivity contribution in [3.63, 3.8) is 0 Å². The summed E-state index contributed by atoms with van der Waals surface area (Å²) in [7, 11) is 1.49. The van der Waals surface area contributed by atoms with Crippen molar-refractivity contribution in [1.29, 1.82) is 0 Å². The first-order chi connectivity index (χ1) is 9.66. The zero-order valence-electron chi connectivity index (χ0n) is 12.5. The summed E-state index contributed by atoms with van der Waals surface area (Å²) < 4.78 is 5.07. The molecule has 0 amide bonds. The highest BCUT2D eigenvalue weighted by atomic mass is 16.5. The molecule has 110 valence electrons. The van der Waals surface area contributed by atoms with Gasteiger partial charge in [0.15, 0.2) is 0 Å². The smallest absolute Gasteiger partial charge is 0.326 e. The van der Waals surface area contributed by atoms with Gasteiger partial charge in [-0.25, -0.2) is 0 Å². The molecule has 1 aromatic carbocycles. The quantitative estimate of drug-likeness (QED) is 0.677. The fourth-order valence-corrected chi connectivity index (χ4v) is 3.03. The minimum absolute atomic E-state index is 0.109. The molecule has 1 aliphatic carbocycles. The van der Waals surface area contributed by atoms with E-state index in [1.54, 1.807) is 0 Å². The van der Waals surface area contributed by atoms with Gasteiger partial charge < -0.3 is 4.74 Å². The Balaban J connectivity index is 2.08. The second-order valence-corrected chi connectivity index (χ2v) is 5.95. The third-order valence-corrected chi connectivity index (χ3v) is 4.41. The zero-order chi connectivity index (χ0) is 14.4. The van der Waals surface area contributed by atoms with Gasteiger partial charge in [-0.05, 0) is 30.7 Å². The number of hydrogen-bond acceptors (Lipinski definition) is 3. The largest absolute Gasteiger partial charge is 0.468 e. The molecule has 0 bridgehead atoms. The topological polar surface area (TPSA) is 38.3 Å². The predicted octanol–water partition coefficient (Wildman–Crippen LogP) is 3.29. The number of methoxy groups -OCH3 is 1. The Kier molecular flexibility index (Phi) is 5.18. The van der Waals surface area contributed by atoms with Gasteiger partial charge in [0.25, 0.3) is 0 Å². The lowest BCUT2D eigenvalue weighted by molar-refractivity contribution is -0.149. The van der Waals surface area contributed by atoms with Crippen molar-refractivity contribution in [3.8, 4) is 0 Å². The Labute approximate surface area is 121 Å². The van der Waals surface area contributed by atoms with Crippen LogP contribution in [0.15, 0.2) is 30.3 Å². The maximum atomic E-state index is 12.3. The van der Waals surface area contributed by atoms with Gasteiger partial charge in [-0.2, -0.15) is 0 Å². The van der Waals surface area contributed by atoms with Crippen LogP contribution >= 0.6 is 0 Å². The van der Waals surface area contributed by atoms with E-state index in [0.717, 1.165) is 25.7 Å². The molecule has 0 radical (unpaired) electrons. The number of benzene rings is 1. The second-order valence-electron chi connectivity index (χ2n) is 5.95. The van der Waals surface area contributed by atoms with E-state index in [4.69, 9.17) is 4.74 Å². The van der Waals surface area contributed by atoms with Crippen molar-refractivity contribution in [2.45, 2.75) is 51.1 Å². The number of carbonyl (C=O) groups excluding carboxylic acids is 1. The summed E-state index contributed by atoms with van der Waals surface area (Å²) in [4.78, 5) is 12.3. The minimum Gasteiger partial charge on any atom is -0.468 e. The van der Waals surface area contributed by atoms with Crippen molar-refractivity contribution in [1.82, 2.24) is 5.32 Å². The van der Waals surface area contributed by atoms with Gasteiger partial charge in [0.05, 0.1) is 7.11 Å². The number of esters is 1. The Bertz CT molecular complexity index is 432. The van der Waals surface area contributed by atoms with Gasteiger partial charge in [-0.3, -0.25) is 10.1 Å². The molecule has 3 heteroatoms. The van der Waals surface area contributed by atoms with E-state index < -0.39 is 5.54 Å². The van der Waals surface area contributed by atoms with Crippen LogP contribution in [-0.2, 0) is 16.1 Å². The van der Waals surface area contributed by atoms with Crippen LogP contribution in [-0.4, -0.2) is 18.6 Å². The predicted molar refractivity (Wildman–Crippen MR) is 80.3 cm³/mol. The maximum Gasteiger partial charge on any atom is 0.326 e. The van der Waals surface area contributed by atoms with Gasteiger partial charge in [-0.1, -0.05) is 50.1 Å². The van der Waals surface area contributed by atoms with Crippen LogP contribution in [0.3, 0.4) is 0 Å². The summed E-state index contributed by atoms with van der Waals surface area (Å²) in [5.41, 5.74) is 0.697. The van der Waals surface area contributed by atoms with Crippen LogP contribution in [0.4, 0.5) is 0 Å². The molecular formula is C17H25NO2. The Hall–Kier alpha value is -1.35. The molecule has 2 unspecified atom stereocenters. The van der Waals surface area contributed by atoms with Gasteiger partial charge >= 0.3 is 5.97 Å². The van der Waals surface area contributed by atoms with Crippen molar-refractivity contribution in [2.24, 2.45) is 5.92 Å². The molecule has 3 nitrogen and oxygen atoms in total. The van der Waals surface area contributed by atoms with Crippen LogP contribution in [0.2, 0.25) is 0 Å². The minimum atomic E-state index is -0.505. The first-order valence-electron chi connectivity index (χ1n) is 7.54. The number of ether oxygens (including phenoxy) is 1. The molecule has 1 aromatic rings. The number of rotatable bonds is 4. The molecule has 20 heavy (non-hydrogen) atoms. The first-order valence-corrected chi connectivity index (χ1v) is 7.54. The summed E-state index contributed by atoms with van der Waals surface area (Å²) in [6.45, 7) is 2.98. The summed E-state index contributed by atoms with van der Waals surface area (Å²) in [6.07, 6.45) is 5.10. The lowest BCUT2D eigenvalue weighted by Crippen LogP contribution is -2.52. The Morgan fingerprint density at radius 3 is 2.75 bits per heavy atom.